The van der Waals surface area contributed by atoms with Gasteiger partial charge in [0.05, 0.1) is 40.2 Å². The SMILES string of the molecule is O=C(O)[C@@H](Cc1cccc(CN(Cc2ccc3ccc(C[C@H](C(=O)O)[C@H]4CCNC4)cc3n2)Cc2ccc3ccc(C[C@H](C(=O)O)[C@H]4CCNC4)cc3n2)c1)[C@H]1CCNC1. The smallest absolute Gasteiger partial charge is 0.307 e. The normalized spacial score (nSPS) is 20.8. The van der Waals surface area contributed by atoms with Gasteiger partial charge in [0.15, 0.2) is 0 Å². The molecule has 0 aliphatic carbocycles. The van der Waals surface area contributed by atoms with Crippen LogP contribution in [0, 0.1) is 35.5 Å². The number of aromatic nitrogens is 2. The molecule has 0 amide bonds. The Hall–Kier alpha value is -5.27. The number of hydrogen-bond acceptors (Lipinski definition) is 9. The van der Waals surface area contributed by atoms with Gasteiger partial charge in [-0.2, -0.15) is 0 Å². The number of nitrogens with zero attached hydrogens (tertiary/aromatic N) is 3. The van der Waals surface area contributed by atoms with E-state index in [1.165, 1.54) is 0 Å². The maximum absolute atomic E-state index is 12.4. The molecule has 60 heavy (non-hydrogen) atoms. The summed E-state index contributed by atoms with van der Waals surface area (Å²) < 4.78 is 0. The highest BCUT2D eigenvalue weighted by atomic mass is 16.4. The van der Waals surface area contributed by atoms with Crippen LogP contribution in [0.4, 0.5) is 0 Å². The zero-order valence-electron chi connectivity index (χ0n) is 34.1. The van der Waals surface area contributed by atoms with E-state index in [0.717, 1.165) is 114 Å². The van der Waals surface area contributed by atoms with E-state index in [2.05, 4.69) is 45.1 Å². The van der Waals surface area contributed by atoms with Gasteiger partial charge in [0.1, 0.15) is 0 Å². The van der Waals surface area contributed by atoms with Gasteiger partial charge < -0.3 is 31.3 Å². The molecule has 0 spiro atoms. The number of carbonyl (C=O) groups is 3. The summed E-state index contributed by atoms with van der Waals surface area (Å²) in [5.41, 5.74) is 7.38. The van der Waals surface area contributed by atoms with Gasteiger partial charge >= 0.3 is 17.9 Å². The predicted octanol–water partition coefficient (Wildman–Crippen LogP) is 5.54. The molecule has 12 nitrogen and oxygen atoms in total. The average molecular weight is 813 g/mol. The van der Waals surface area contributed by atoms with Crippen LogP contribution in [0.2, 0.25) is 0 Å². The summed E-state index contributed by atoms with van der Waals surface area (Å²) >= 11 is 0. The monoisotopic (exact) mass is 812 g/mol. The van der Waals surface area contributed by atoms with E-state index in [1.807, 2.05) is 60.7 Å². The molecule has 0 radical (unpaired) electrons. The molecule has 5 aromatic rings. The maximum atomic E-state index is 12.4. The van der Waals surface area contributed by atoms with Crippen LogP contribution < -0.4 is 16.0 Å². The third-order valence-electron chi connectivity index (χ3n) is 13.1. The highest BCUT2D eigenvalue weighted by molar-refractivity contribution is 5.81. The first-order valence-electron chi connectivity index (χ1n) is 21.5. The number of aliphatic carboxylic acids is 3. The minimum atomic E-state index is -0.760. The summed E-state index contributed by atoms with van der Waals surface area (Å²) in [6.45, 7) is 6.30. The minimum absolute atomic E-state index is 0.103. The van der Waals surface area contributed by atoms with Crippen LogP contribution in [0.1, 0.15) is 52.9 Å². The van der Waals surface area contributed by atoms with Crippen molar-refractivity contribution in [3.8, 4) is 0 Å². The molecule has 6 N–H and O–H groups in total. The number of nitrogens with one attached hydrogen (secondary N) is 3. The first-order chi connectivity index (χ1) is 29.1. The second kappa shape index (κ2) is 19.0. The number of hydrogen-bond donors (Lipinski definition) is 6. The van der Waals surface area contributed by atoms with Gasteiger partial charge in [-0.3, -0.25) is 29.3 Å². The Kier molecular flexibility index (Phi) is 13.1. The Morgan fingerprint density at radius 3 is 1.33 bits per heavy atom. The van der Waals surface area contributed by atoms with Crippen LogP contribution >= 0.6 is 0 Å². The van der Waals surface area contributed by atoms with Crippen molar-refractivity contribution in [2.24, 2.45) is 35.5 Å². The summed E-state index contributed by atoms with van der Waals surface area (Å²) in [5.74, 6) is -3.33. The van der Waals surface area contributed by atoms with Gasteiger partial charge in [-0.1, -0.05) is 60.7 Å². The highest BCUT2D eigenvalue weighted by Gasteiger charge is 2.33. The van der Waals surface area contributed by atoms with E-state index in [9.17, 15) is 29.7 Å². The van der Waals surface area contributed by atoms with Crippen LogP contribution in [0.5, 0.6) is 0 Å². The average Bonchev–Trinajstić information content (AvgIpc) is 4.06. The molecule has 6 atom stereocenters. The van der Waals surface area contributed by atoms with E-state index >= 15 is 0 Å². The summed E-state index contributed by atoms with van der Waals surface area (Å²) in [4.78, 5) is 49.5. The van der Waals surface area contributed by atoms with Gasteiger partial charge in [-0.15, -0.1) is 0 Å². The Labute approximate surface area is 350 Å². The van der Waals surface area contributed by atoms with Crippen LogP contribution in [0.25, 0.3) is 21.8 Å². The zero-order valence-corrected chi connectivity index (χ0v) is 34.1. The van der Waals surface area contributed by atoms with Gasteiger partial charge in [-0.25, -0.2) is 0 Å². The maximum Gasteiger partial charge on any atom is 0.307 e. The lowest BCUT2D eigenvalue weighted by atomic mass is 9.86. The summed E-state index contributed by atoms with van der Waals surface area (Å²) in [6, 6.07) is 28.6. The third kappa shape index (κ3) is 10.2. The fraction of sp³-hybridized carbons (Fsp3) is 0.438. The van der Waals surface area contributed by atoms with Crippen molar-refractivity contribution in [1.29, 1.82) is 0 Å². The number of benzene rings is 3. The lowest BCUT2D eigenvalue weighted by molar-refractivity contribution is -0.144. The third-order valence-corrected chi connectivity index (χ3v) is 13.1. The van der Waals surface area contributed by atoms with Gasteiger partial charge in [0.25, 0.3) is 0 Å². The molecule has 3 aliphatic heterocycles. The molecule has 8 rings (SSSR count). The lowest BCUT2D eigenvalue weighted by Crippen LogP contribution is -2.27. The number of carboxylic acid groups (broad SMARTS) is 3. The van der Waals surface area contributed by atoms with E-state index in [4.69, 9.17) is 9.97 Å². The highest BCUT2D eigenvalue weighted by Crippen LogP contribution is 2.29. The first kappa shape index (κ1) is 41.5. The number of rotatable bonds is 18. The van der Waals surface area contributed by atoms with Gasteiger partial charge in [-0.05, 0) is 142 Å². The van der Waals surface area contributed by atoms with Crippen molar-refractivity contribution in [2.45, 2.75) is 58.2 Å². The quantitative estimate of drug-likeness (QED) is 0.0652. The molecular weight excluding hydrogens is 757 g/mol. The molecule has 0 bridgehead atoms. The summed E-state index contributed by atoms with van der Waals surface area (Å²) in [6.07, 6.45) is 3.97. The topological polar surface area (TPSA) is 177 Å². The van der Waals surface area contributed by atoms with Crippen LogP contribution in [-0.4, -0.2) is 87.4 Å². The molecule has 0 saturated carbocycles. The van der Waals surface area contributed by atoms with Gasteiger partial charge in [0.2, 0.25) is 0 Å². The molecule has 5 heterocycles. The van der Waals surface area contributed by atoms with Crippen LogP contribution in [-0.2, 0) is 53.3 Å². The van der Waals surface area contributed by atoms with Crippen LogP contribution in [0.3, 0.4) is 0 Å². The molecule has 3 fully saturated rings. The molecule has 3 aliphatic rings. The largest absolute Gasteiger partial charge is 0.481 e. The van der Waals surface area contributed by atoms with Crippen molar-refractivity contribution < 1.29 is 29.7 Å². The Bertz CT molecular complexity index is 2200. The Morgan fingerprint density at radius 1 is 0.533 bits per heavy atom. The number of carboxylic acids is 3. The molecule has 3 saturated heterocycles. The van der Waals surface area contributed by atoms with Crippen molar-refractivity contribution in [3.63, 3.8) is 0 Å². The number of fused-ring (bicyclic) bond motifs is 2. The predicted molar refractivity (Wildman–Crippen MR) is 230 cm³/mol. The zero-order chi connectivity index (χ0) is 41.6. The molecule has 3 aromatic carbocycles. The van der Waals surface area contributed by atoms with Crippen molar-refractivity contribution in [3.05, 3.63) is 119 Å². The summed E-state index contributed by atoms with van der Waals surface area (Å²) in [5, 5.41) is 42.2. The number of pyridine rings is 2. The van der Waals surface area contributed by atoms with Crippen molar-refractivity contribution in [1.82, 2.24) is 30.8 Å². The van der Waals surface area contributed by atoms with Crippen molar-refractivity contribution in [2.75, 3.05) is 39.3 Å². The van der Waals surface area contributed by atoms with Gasteiger partial charge in [0, 0.05) is 30.4 Å². The van der Waals surface area contributed by atoms with Crippen LogP contribution in [0.15, 0.2) is 84.9 Å². The second-order valence-corrected chi connectivity index (χ2v) is 17.3. The fourth-order valence-corrected chi connectivity index (χ4v) is 9.77. The molecule has 12 heteroatoms. The molecule has 2 aromatic heterocycles. The van der Waals surface area contributed by atoms with E-state index in [1.54, 1.807) is 0 Å². The Morgan fingerprint density at radius 2 is 0.933 bits per heavy atom. The molecule has 314 valence electrons. The second-order valence-electron chi connectivity index (χ2n) is 17.3. The van der Waals surface area contributed by atoms with E-state index in [-0.39, 0.29) is 17.8 Å². The van der Waals surface area contributed by atoms with E-state index in [0.29, 0.717) is 38.9 Å². The minimum Gasteiger partial charge on any atom is -0.481 e. The van der Waals surface area contributed by atoms with E-state index < -0.39 is 35.7 Å². The first-order valence-corrected chi connectivity index (χ1v) is 21.5. The lowest BCUT2D eigenvalue weighted by Gasteiger charge is -2.23. The fourth-order valence-electron chi connectivity index (χ4n) is 9.77. The molecule has 0 unspecified atom stereocenters. The molecular formula is C48H56N6O6. The summed E-state index contributed by atoms with van der Waals surface area (Å²) in [7, 11) is 0. The Balaban J connectivity index is 1.06. The van der Waals surface area contributed by atoms with Crippen molar-refractivity contribution >= 4 is 39.7 Å². The standard InChI is InChI=1S/C48H56N6O6/c55-46(56)41(36-12-15-49-24-36)19-30-2-1-3-33(18-30)27-54(28-39-10-8-34-6-4-31(22-44(34)52-39)20-42(47(57)58)37-13-16-50-25-37)29-40-11-9-35-7-5-32(23-45(35)53-40)21-43(48(59)60)38-14-17-51-26-38/h1-11,18,22-23,36-38,41-43,49-51H,12-17,19-21,24-29H2,(H,55,56)(H,57,58)(H,59,60)/t36-,37-,38-,41-,42-,43-/m0/s1.